The second-order valence-electron chi connectivity index (χ2n) is 3.96. The van der Waals surface area contributed by atoms with Crippen LogP contribution in [0.2, 0.25) is 5.02 Å². The summed E-state index contributed by atoms with van der Waals surface area (Å²) >= 11 is 7.56. The molecule has 0 aliphatic rings. The van der Waals surface area contributed by atoms with Crippen LogP contribution < -0.4 is 5.32 Å². The Hall–Kier alpha value is -0.250. The Balaban J connectivity index is 2.33. The van der Waals surface area contributed by atoms with Crippen molar-refractivity contribution >= 4 is 23.4 Å². The van der Waals surface area contributed by atoms with Gasteiger partial charge in [0, 0.05) is 24.0 Å². The van der Waals surface area contributed by atoms with Gasteiger partial charge in [0.15, 0.2) is 0 Å². The van der Waals surface area contributed by atoms with Gasteiger partial charge in [0.1, 0.15) is 0 Å². The van der Waals surface area contributed by atoms with Crippen LogP contribution in [0.4, 0.5) is 0 Å². The SMILES string of the molecule is CCC(C)NCC(C)Sc1ccc(Cl)cn1. The molecule has 0 aliphatic heterocycles. The van der Waals surface area contributed by atoms with Gasteiger partial charge in [-0.05, 0) is 25.5 Å². The van der Waals surface area contributed by atoms with Crippen LogP contribution in [0.1, 0.15) is 27.2 Å². The van der Waals surface area contributed by atoms with E-state index in [0.717, 1.165) is 18.0 Å². The minimum Gasteiger partial charge on any atom is -0.313 e. The summed E-state index contributed by atoms with van der Waals surface area (Å²) in [5.74, 6) is 0. The van der Waals surface area contributed by atoms with Crippen LogP contribution in [-0.4, -0.2) is 22.8 Å². The summed E-state index contributed by atoms with van der Waals surface area (Å²) in [5.41, 5.74) is 0. The molecule has 1 aromatic rings. The van der Waals surface area contributed by atoms with Crippen LogP contribution in [-0.2, 0) is 0 Å². The van der Waals surface area contributed by atoms with Crippen LogP contribution >= 0.6 is 23.4 Å². The van der Waals surface area contributed by atoms with E-state index >= 15 is 0 Å². The number of rotatable bonds is 6. The van der Waals surface area contributed by atoms with Gasteiger partial charge < -0.3 is 5.32 Å². The first-order valence-corrected chi connectivity index (χ1v) is 6.89. The Bertz CT molecular complexity index is 302. The van der Waals surface area contributed by atoms with Gasteiger partial charge in [-0.25, -0.2) is 4.98 Å². The zero-order valence-electron chi connectivity index (χ0n) is 10.0. The molecule has 1 N–H and O–H groups in total. The van der Waals surface area contributed by atoms with E-state index in [-0.39, 0.29) is 0 Å². The molecule has 4 heteroatoms. The molecule has 2 atom stereocenters. The van der Waals surface area contributed by atoms with Gasteiger partial charge in [0.25, 0.3) is 0 Å². The maximum Gasteiger partial charge on any atom is 0.0964 e. The third-order valence-electron chi connectivity index (χ3n) is 2.39. The van der Waals surface area contributed by atoms with Crippen molar-refractivity contribution in [2.75, 3.05) is 6.54 Å². The highest BCUT2D eigenvalue weighted by molar-refractivity contribution is 7.99. The van der Waals surface area contributed by atoms with Crippen molar-refractivity contribution in [2.45, 2.75) is 43.5 Å². The Labute approximate surface area is 107 Å². The van der Waals surface area contributed by atoms with Crippen molar-refractivity contribution in [3.05, 3.63) is 23.4 Å². The van der Waals surface area contributed by atoms with Crippen molar-refractivity contribution in [1.82, 2.24) is 10.3 Å². The number of hydrogen-bond acceptors (Lipinski definition) is 3. The zero-order valence-corrected chi connectivity index (χ0v) is 11.6. The predicted octanol–water partition coefficient (Wildman–Crippen LogP) is 3.60. The number of nitrogens with zero attached hydrogens (tertiary/aromatic N) is 1. The fraction of sp³-hybridized carbons (Fsp3) is 0.583. The van der Waals surface area contributed by atoms with E-state index in [2.05, 4.69) is 31.1 Å². The molecule has 0 aliphatic carbocycles. The lowest BCUT2D eigenvalue weighted by Gasteiger charge is -2.15. The summed E-state index contributed by atoms with van der Waals surface area (Å²) in [4.78, 5) is 4.27. The lowest BCUT2D eigenvalue weighted by molar-refractivity contribution is 0.537. The fourth-order valence-electron chi connectivity index (χ4n) is 1.19. The van der Waals surface area contributed by atoms with E-state index in [4.69, 9.17) is 11.6 Å². The standard InChI is InChI=1S/C12H19ClN2S/c1-4-9(2)14-7-10(3)16-12-6-5-11(13)8-15-12/h5-6,8-10,14H,4,7H2,1-3H3. The smallest absolute Gasteiger partial charge is 0.0964 e. The number of thioether (sulfide) groups is 1. The second-order valence-corrected chi connectivity index (χ2v) is 5.86. The zero-order chi connectivity index (χ0) is 12.0. The lowest BCUT2D eigenvalue weighted by Crippen LogP contribution is -2.30. The molecule has 0 saturated heterocycles. The first-order chi connectivity index (χ1) is 7.61. The largest absolute Gasteiger partial charge is 0.313 e. The first kappa shape index (κ1) is 13.8. The van der Waals surface area contributed by atoms with Crippen molar-refractivity contribution in [3.63, 3.8) is 0 Å². The number of halogens is 1. The minimum atomic E-state index is 0.516. The molecule has 16 heavy (non-hydrogen) atoms. The molecule has 0 spiro atoms. The second kappa shape index (κ2) is 7.15. The number of nitrogens with one attached hydrogen (secondary N) is 1. The maximum atomic E-state index is 5.79. The number of hydrogen-bond donors (Lipinski definition) is 1. The molecule has 0 fully saturated rings. The van der Waals surface area contributed by atoms with Gasteiger partial charge in [-0.1, -0.05) is 25.4 Å². The third-order valence-corrected chi connectivity index (χ3v) is 3.66. The molecular formula is C12H19ClN2S. The molecular weight excluding hydrogens is 240 g/mol. The van der Waals surface area contributed by atoms with Crippen LogP contribution in [0.3, 0.4) is 0 Å². The Kier molecular flexibility index (Phi) is 6.17. The Morgan fingerprint density at radius 2 is 2.19 bits per heavy atom. The van der Waals surface area contributed by atoms with E-state index in [1.54, 1.807) is 18.0 Å². The monoisotopic (exact) mass is 258 g/mol. The van der Waals surface area contributed by atoms with Gasteiger partial charge in [-0.15, -0.1) is 11.8 Å². The molecule has 2 nitrogen and oxygen atoms in total. The summed E-state index contributed by atoms with van der Waals surface area (Å²) < 4.78 is 0. The predicted molar refractivity (Wildman–Crippen MR) is 72.3 cm³/mol. The highest BCUT2D eigenvalue weighted by Crippen LogP contribution is 2.21. The molecule has 2 unspecified atom stereocenters. The van der Waals surface area contributed by atoms with Gasteiger partial charge in [0.2, 0.25) is 0 Å². The lowest BCUT2D eigenvalue weighted by atomic mass is 10.2. The van der Waals surface area contributed by atoms with E-state index in [9.17, 15) is 0 Å². The summed E-state index contributed by atoms with van der Waals surface area (Å²) in [7, 11) is 0. The van der Waals surface area contributed by atoms with E-state index < -0.39 is 0 Å². The molecule has 0 amide bonds. The highest BCUT2D eigenvalue weighted by Gasteiger charge is 2.06. The Morgan fingerprint density at radius 3 is 2.75 bits per heavy atom. The summed E-state index contributed by atoms with van der Waals surface area (Å²) in [5, 5.41) is 5.73. The van der Waals surface area contributed by atoms with E-state index in [0.29, 0.717) is 16.3 Å². The molecule has 1 aromatic heterocycles. The van der Waals surface area contributed by atoms with Crippen molar-refractivity contribution in [3.8, 4) is 0 Å². The third kappa shape index (κ3) is 5.19. The normalized spacial score (nSPS) is 14.8. The van der Waals surface area contributed by atoms with Crippen LogP contribution in [0.5, 0.6) is 0 Å². The number of aromatic nitrogens is 1. The molecule has 1 rings (SSSR count). The van der Waals surface area contributed by atoms with Gasteiger partial charge >= 0.3 is 0 Å². The van der Waals surface area contributed by atoms with Crippen molar-refractivity contribution < 1.29 is 0 Å². The average molecular weight is 259 g/mol. The quantitative estimate of drug-likeness (QED) is 0.790. The summed E-state index contributed by atoms with van der Waals surface area (Å²) in [6.07, 6.45) is 2.86. The molecule has 0 bridgehead atoms. The fourth-order valence-corrected chi connectivity index (χ4v) is 2.16. The Morgan fingerprint density at radius 1 is 1.44 bits per heavy atom. The summed E-state index contributed by atoms with van der Waals surface area (Å²) in [6.45, 7) is 7.61. The molecule has 90 valence electrons. The molecule has 0 saturated carbocycles. The first-order valence-electron chi connectivity index (χ1n) is 5.63. The number of pyridine rings is 1. The summed E-state index contributed by atoms with van der Waals surface area (Å²) in [6, 6.07) is 4.43. The molecule has 0 radical (unpaired) electrons. The van der Waals surface area contributed by atoms with Crippen LogP contribution in [0.15, 0.2) is 23.4 Å². The van der Waals surface area contributed by atoms with Gasteiger partial charge in [0.05, 0.1) is 10.0 Å². The topological polar surface area (TPSA) is 24.9 Å². The minimum absolute atomic E-state index is 0.516. The molecule has 0 aromatic carbocycles. The van der Waals surface area contributed by atoms with Crippen LogP contribution in [0.25, 0.3) is 0 Å². The highest BCUT2D eigenvalue weighted by atomic mass is 35.5. The van der Waals surface area contributed by atoms with E-state index in [1.807, 2.05) is 12.1 Å². The van der Waals surface area contributed by atoms with Gasteiger partial charge in [-0.3, -0.25) is 0 Å². The maximum absolute atomic E-state index is 5.79. The van der Waals surface area contributed by atoms with E-state index in [1.165, 1.54) is 0 Å². The van der Waals surface area contributed by atoms with Crippen LogP contribution in [0, 0.1) is 0 Å². The average Bonchev–Trinajstić information content (AvgIpc) is 2.29. The van der Waals surface area contributed by atoms with Crippen molar-refractivity contribution in [1.29, 1.82) is 0 Å². The van der Waals surface area contributed by atoms with Gasteiger partial charge in [-0.2, -0.15) is 0 Å². The van der Waals surface area contributed by atoms with Crippen molar-refractivity contribution in [2.24, 2.45) is 0 Å². The molecule has 1 heterocycles.